The maximum absolute atomic E-state index is 11.7. The fourth-order valence-corrected chi connectivity index (χ4v) is 3.36. The first-order chi connectivity index (χ1) is 12.7. The van der Waals surface area contributed by atoms with E-state index in [1.165, 1.54) is 12.8 Å². The summed E-state index contributed by atoms with van der Waals surface area (Å²) in [6, 6.07) is 11.9. The van der Waals surface area contributed by atoms with Crippen LogP contribution in [0.2, 0.25) is 0 Å². The van der Waals surface area contributed by atoms with Gasteiger partial charge in [-0.15, -0.1) is 0 Å². The number of hydrogen-bond donors (Lipinski definition) is 0. The summed E-state index contributed by atoms with van der Waals surface area (Å²) in [4.78, 5) is 18.5. The quantitative estimate of drug-likeness (QED) is 0.675. The third-order valence-electron chi connectivity index (χ3n) is 4.60. The van der Waals surface area contributed by atoms with E-state index in [1.54, 1.807) is 6.20 Å². The lowest BCUT2D eigenvalue weighted by Gasteiger charge is -2.20. The van der Waals surface area contributed by atoms with Crippen molar-refractivity contribution in [3.63, 3.8) is 0 Å². The second-order valence-corrected chi connectivity index (χ2v) is 6.36. The monoisotopic (exact) mass is 351 g/mol. The van der Waals surface area contributed by atoms with E-state index in [1.807, 2.05) is 41.2 Å². The number of hydrogen-bond acceptors (Lipinski definition) is 5. The van der Waals surface area contributed by atoms with E-state index in [-0.39, 0.29) is 5.97 Å². The molecule has 3 aromatic heterocycles. The van der Waals surface area contributed by atoms with Gasteiger partial charge in [-0.05, 0) is 36.8 Å². The van der Waals surface area contributed by atoms with Crippen molar-refractivity contribution in [2.75, 3.05) is 13.7 Å². The van der Waals surface area contributed by atoms with E-state index in [2.05, 4.69) is 25.6 Å². The lowest BCUT2D eigenvalue weighted by molar-refractivity contribution is 0.0593. The van der Waals surface area contributed by atoms with Gasteiger partial charge in [0.05, 0.1) is 12.8 Å². The normalized spacial score (nSPS) is 14.7. The molecule has 0 N–H and O–H groups in total. The van der Waals surface area contributed by atoms with Gasteiger partial charge in [0.25, 0.3) is 0 Å². The number of aryl methyl sites for hydroxylation is 1. The van der Waals surface area contributed by atoms with Crippen molar-refractivity contribution in [1.29, 1.82) is 0 Å². The molecule has 0 saturated heterocycles. The van der Waals surface area contributed by atoms with Gasteiger partial charge in [0.2, 0.25) is 0 Å². The summed E-state index contributed by atoms with van der Waals surface area (Å²) in [5.41, 5.74) is 2.60. The highest BCUT2D eigenvalue weighted by molar-refractivity contribution is 5.87. The Labute approximate surface area is 151 Å². The van der Waals surface area contributed by atoms with Gasteiger partial charge < -0.3 is 9.30 Å². The zero-order chi connectivity index (χ0) is 17.9. The fraction of sp³-hybridized carbons (Fsp3) is 0.316. The van der Waals surface area contributed by atoms with Crippen LogP contribution in [0.1, 0.15) is 28.3 Å². The molecule has 0 bridgehead atoms. The molecule has 7 heteroatoms. The van der Waals surface area contributed by atoms with Gasteiger partial charge >= 0.3 is 5.97 Å². The Hall–Kier alpha value is -2.93. The van der Waals surface area contributed by atoms with E-state index < -0.39 is 0 Å². The molecule has 134 valence electrons. The number of aromatic nitrogens is 4. The summed E-state index contributed by atoms with van der Waals surface area (Å²) < 4.78 is 8.82. The smallest absolute Gasteiger partial charge is 0.358 e. The Kier molecular flexibility index (Phi) is 4.53. The van der Waals surface area contributed by atoms with Crippen LogP contribution < -0.4 is 0 Å². The van der Waals surface area contributed by atoms with Crippen molar-refractivity contribution in [2.24, 2.45) is 0 Å². The zero-order valence-corrected chi connectivity index (χ0v) is 14.7. The molecule has 0 radical (unpaired) electrons. The Morgan fingerprint density at radius 2 is 2.15 bits per heavy atom. The van der Waals surface area contributed by atoms with Gasteiger partial charge in [0.1, 0.15) is 5.82 Å². The Bertz CT molecular complexity index is 900. The summed E-state index contributed by atoms with van der Waals surface area (Å²) in [6.45, 7) is 3.34. The summed E-state index contributed by atoms with van der Waals surface area (Å²) in [7, 11) is 1.38. The van der Waals surface area contributed by atoms with Crippen LogP contribution in [-0.4, -0.2) is 43.9 Å². The molecule has 4 rings (SSSR count). The van der Waals surface area contributed by atoms with Gasteiger partial charge in [-0.3, -0.25) is 9.58 Å². The molecule has 3 aromatic rings. The molecule has 0 unspecified atom stereocenters. The first-order valence-electron chi connectivity index (χ1n) is 8.69. The van der Waals surface area contributed by atoms with Crippen LogP contribution in [0.4, 0.5) is 0 Å². The van der Waals surface area contributed by atoms with Crippen molar-refractivity contribution in [3.8, 4) is 5.82 Å². The number of rotatable bonds is 4. The first kappa shape index (κ1) is 16.5. The molecule has 1 aliphatic rings. The van der Waals surface area contributed by atoms with E-state index in [9.17, 15) is 4.79 Å². The third kappa shape index (κ3) is 3.25. The summed E-state index contributed by atoms with van der Waals surface area (Å²) in [5, 5.41) is 4.38. The standard InChI is InChI=1S/C19H21N5O2/c1-26-19(25)17-12-16-14-22(9-5-11-24(16)21-17)13-15-6-4-10-23(15)18-7-2-3-8-20-18/h2-4,6-8,10,12H,5,9,11,13-14H2,1H3. The summed E-state index contributed by atoms with van der Waals surface area (Å²) >= 11 is 0. The lowest BCUT2D eigenvalue weighted by Crippen LogP contribution is -2.24. The molecular formula is C19H21N5O2. The van der Waals surface area contributed by atoms with Crippen LogP contribution in [0, 0.1) is 0 Å². The van der Waals surface area contributed by atoms with Crippen LogP contribution in [0.3, 0.4) is 0 Å². The predicted octanol–water partition coefficient (Wildman–Crippen LogP) is 2.26. The number of carbonyl (C=O) groups is 1. The minimum Gasteiger partial charge on any atom is -0.464 e. The van der Waals surface area contributed by atoms with Crippen LogP contribution in [-0.2, 0) is 24.4 Å². The molecule has 1 aliphatic heterocycles. The third-order valence-corrected chi connectivity index (χ3v) is 4.60. The van der Waals surface area contributed by atoms with Crippen LogP contribution >= 0.6 is 0 Å². The van der Waals surface area contributed by atoms with Gasteiger partial charge in [0, 0.05) is 44.3 Å². The van der Waals surface area contributed by atoms with Crippen LogP contribution in [0.25, 0.3) is 5.82 Å². The highest BCUT2D eigenvalue weighted by Gasteiger charge is 2.20. The second-order valence-electron chi connectivity index (χ2n) is 6.36. The molecular weight excluding hydrogens is 330 g/mol. The highest BCUT2D eigenvalue weighted by atomic mass is 16.5. The Morgan fingerprint density at radius 3 is 2.96 bits per heavy atom. The topological polar surface area (TPSA) is 65.2 Å². The average molecular weight is 351 g/mol. The van der Waals surface area contributed by atoms with E-state index in [0.29, 0.717) is 5.69 Å². The highest BCUT2D eigenvalue weighted by Crippen LogP contribution is 2.18. The SMILES string of the molecule is COC(=O)c1cc2n(n1)CCCN(Cc1cccn1-c1ccccn1)C2. The molecule has 0 saturated carbocycles. The average Bonchev–Trinajstić information content (AvgIpc) is 3.25. The van der Waals surface area contributed by atoms with E-state index >= 15 is 0 Å². The van der Waals surface area contributed by atoms with Crippen LogP contribution in [0.5, 0.6) is 0 Å². The molecule has 7 nitrogen and oxygen atoms in total. The molecule has 0 spiro atoms. The minimum absolute atomic E-state index is 0.376. The minimum atomic E-state index is -0.388. The first-order valence-corrected chi connectivity index (χ1v) is 8.69. The molecule has 26 heavy (non-hydrogen) atoms. The molecule has 0 aromatic carbocycles. The Morgan fingerprint density at radius 1 is 1.23 bits per heavy atom. The maximum atomic E-state index is 11.7. The fourth-order valence-electron chi connectivity index (χ4n) is 3.36. The molecule has 0 fully saturated rings. The van der Waals surface area contributed by atoms with Crippen molar-refractivity contribution in [1.82, 2.24) is 24.2 Å². The van der Waals surface area contributed by atoms with Gasteiger partial charge in [-0.1, -0.05) is 6.07 Å². The molecule has 4 heterocycles. The van der Waals surface area contributed by atoms with Crippen LogP contribution in [0.15, 0.2) is 48.8 Å². The number of carbonyl (C=O) groups excluding carboxylic acids is 1. The zero-order valence-electron chi connectivity index (χ0n) is 14.7. The maximum Gasteiger partial charge on any atom is 0.358 e. The lowest BCUT2D eigenvalue weighted by atomic mass is 10.3. The van der Waals surface area contributed by atoms with Crippen molar-refractivity contribution < 1.29 is 9.53 Å². The summed E-state index contributed by atoms with van der Waals surface area (Å²) in [6.07, 6.45) is 4.83. The van der Waals surface area contributed by atoms with Crippen molar-refractivity contribution in [3.05, 3.63) is 65.9 Å². The largest absolute Gasteiger partial charge is 0.464 e. The number of esters is 1. The summed E-state index contributed by atoms with van der Waals surface area (Å²) in [5.74, 6) is 0.529. The van der Waals surface area contributed by atoms with Gasteiger partial charge in [0.15, 0.2) is 5.69 Å². The number of fused-ring (bicyclic) bond motifs is 1. The van der Waals surface area contributed by atoms with E-state index in [0.717, 1.165) is 44.1 Å². The number of methoxy groups -OCH3 is 1. The second kappa shape index (κ2) is 7.13. The molecule has 0 atom stereocenters. The van der Waals surface area contributed by atoms with Crippen molar-refractivity contribution in [2.45, 2.75) is 26.1 Å². The van der Waals surface area contributed by atoms with Gasteiger partial charge in [-0.25, -0.2) is 9.78 Å². The van der Waals surface area contributed by atoms with E-state index in [4.69, 9.17) is 4.74 Å². The predicted molar refractivity (Wildman–Crippen MR) is 95.9 cm³/mol. The Balaban J connectivity index is 1.54. The number of nitrogens with zero attached hydrogens (tertiary/aromatic N) is 5. The number of pyridine rings is 1. The number of ether oxygens (including phenoxy) is 1. The van der Waals surface area contributed by atoms with Gasteiger partial charge in [-0.2, -0.15) is 5.10 Å². The molecule has 0 amide bonds. The van der Waals surface area contributed by atoms with Crippen molar-refractivity contribution >= 4 is 5.97 Å². The molecule has 0 aliphatic carbocycles.